The quantitative estimate of drug-likeness (QED) is 0.496. The summed E-state index contributed by atoms with van der Waals surface area (Å²) in [5.74, 6) is 1.64. The molecule has 3 aromatic rings. The molecule has 0 radical (unpaired) electrons. The van der Waals surface area contributed by atoms with Crippen LogP contribution in [0.25, 0.3) is 0 Å². The lowest BCUT2D eigenvalue weighted by atomic mass is 10.2. The molecule has 0 aliphatic carbocycles. The maximum absolute atomic E-state index is 12.5. The summed E-state index contributed by atoms with van der Waals surface area (Å²) in [6.07, 6.45) is 0.353. The molecule has 0 aliphatic heterocycles. The number of thioether (sulfide) groups is 1. The average Bonchev–Trinajstić information content (AvgIpc) is 3.15. The zero-order valence-electron chi connectivity index (χ0n) is 17.7. The lowest BCUT2D eigenvalue weighted by Gasteiger charge is -2.14. The van der Waals surface area contributed by atoms with Gasteiger partial charge in [0.25, 0.3) is 5.91 Å². The number of benzene rings is 2. The molecule has 1 atom stereocenters. The van der Waals surface area contributed by atoms with Crippen molar-refractivity contribution in [2.45, 2.75) is 24.5 Å². The van der Waals surface area contributed by atoms with Crippen LogP contribution >= 0.6 is 11.8 Å². The molecule has 0 aliphatic rings. The Morgan fingerprint density at radius 3 is 2.48 bits per heavy atom. The first-order chi connectivity index (χ1) is 15.0. The van der Waals surface area contributed by atoms with Crippen molar-refractivity contribution in [2.75, 3.05) is 18.2 Å². The summed E-state index contributed by atoms with van der Waals surface area (Å²) < 4.78 is 6.95. The minimum Gasteiger partial charge on any atom is -0.497 e. The first-order valence-corrected chi connectivity index (χ1v) is 10.8. The standard InChI is InChI=1S/C22H25N5O3S/c1-15(23-21(29)16-9-11-18(30-3)12-10-16)20-25-26-22(27(20)2)31-14-13-19(28)24-17-7-5-4-6-8-17/h4-12,15H,13-14H2,1-3H3,(H,23,29)(H,24,28)/t15-/m0/s1. The zero-order chi connectivity index (χ0) is 22.2. The molecular formula is C22H25N5O3S. The number of para-hydroxylation sites is 1. The number of amides is 2. The van der Waals surface area contributed by atoms with Crippen molar-refractivity contribution in [2.24, 2.45) is 7.05 Å². The Balaban J connectivity index is 1.51. The normalized spacial score (nSPS) is 11.6. The molecule has 0 unspecified atom stereocenters. The van der Waals surface area contributed by atoms with Crippen LogP contribution in [0.1, 0.15) is 35.6 Å². The Labute approximate surface area is 185 Å². The molecule has 2 N–H and O–H groups in total. The van der Waals surface area contributed by atoms with E-state index in [0.29, 0.717) is 34.5 Å². The molecule has 31 heavy (non-hydrogen) atoms. The molecule has 9 heteroatoms. The van der Waals surface area contributed by atoms with Gasteiger partial charge in [0.2, 0.25) is 5.91 Å². The zero-order valence-corrected chi connectivity index (χ0v) is 18.5. The molecule has 2 amide bonds. The Hall–Kier alpha value is -3.33. The van der Waals surface area contributed by atoms with E-state index >= 15 is 0 Å². The van der Waals surface area contributed by atoms with Crippen LogP contribution in [0, 0.1) is 0 Å². The summed E-state index contributed by atoms with van der Waals surface area (Å²) in [5.41, 5.74) is 1.31. The number of nitrogens with zero attached hydrogens (tertiary/aromatic N) is 3. The fourth-order valence-electron chi connectivity index (χ4n) is 2.90. The maximum Gasteiger partial charge on any atom is 0.251 e. The van der Waals surface area contributed by atoms with Crippen LogP contribution in [0.2, 0.25) is 0 Å². The van der Waals surface area contributed by atoms with Crippen LogP contribution in [-0.2, 0) is 11.8 Å². The van der Waals surface area contributed by atoms with Gasteiger partial charge in [0.1, 0.15) is 5.75 Å². The summed E-state index contributed by atoms with van der Waals surface area (Å²) in [5, 5.41) is 14.9. The Bertz CT molecular complexity index is 1020. The summed E-state index contributed by atoms with van der Waals surface area (Å²) in [7, 11) is 3.42. The Morgan fingerprint density at radius 2 is 1.81 bits per heavy atom. The third kappa shape index (κ3) is 6.08. The number of methoxy groups -OCH3 is 1. The van der Waals surface area contributed by atoms with E-state index in [-0.39, 0.29) is 17.9 Å². The van der Waals surface area contributed by atoms with E-state index in [1.54, 1.807) is 31.4 Å². The number of hydrogen-bond acceptors (Lipinski definition) is 6. The Morgan fingerprint density at radius 1 is 1.10 bits per heavy atom. The van der Waals surface area contributed by atoms with Crippen molar-refractivity contribution in [1.29, 1.82) is 0 Å². The average molecular weight is 440 g/mol. The molecule has 8 nitrogen and oxygen atoms in total. The lowest BCUT2D eigenvalue weighted by molar-refractivity contribution is -0.115. The number of nitrogens with one attached hydrogen (secondary N) is 2. The second kappa shape index (κ2) is 10.6. The number of hydrogen-bond donors (Lipinski definition) is 2. The van der Waals surface area contributed by atoms with E-state index in [1.807, 2.05) is 48.9 Å². The largest absolute Gasteiger partial charge is 0.497 e. The number of carbonyl (C=O) groups is 2. The number of carbonyl (C=O) groups excluding carboxylic acids is 2. The number of aromatic nitrogens is 3. The highest BCUT2D eigenvalue weighted by molar-refractivity contribution is 7.99. The number of anilines is 1. The highest BCUT2D eigenvalue weighted by Gasteiger charge is 2.18. The molecule has 2 aromatic carbocycles. The van der Waals surface area contributed by atoms with Crippen molar-refractivity contribution < 1.29 is 14.3 Å². The molecule has 0 bridgehead atoms. The van der Waals surface area contributed by atoms with E-state index in [2.05, 4.69) is 20.8 Å². The van der Waals surface area contributed by atoms with Gasteiger partial charge < -0.3 is 19.9 Å². The SMILES string of the molecule is COc1ccc(C(=O)N[C@@H](C)c2nnc(SCCC(=O)Nc3ccccc3)n2C)cc1. The van der Waals surface area contributed by atoms with E-state index in [4.69, 9.17) is 4.74 Å². The van der Waals surface area contributed by atoms with Crippen LogP contribution in [0.15, 0.2) is 59.8 Å². The Kier molecular flexibility index (Phi) is 7.66. The third-order valence-electron chi connectivity index (χ3n) is 4.57. The minimum atomic E-state index is -0.331. The van der Waals surface area contributed by atoms with Gasteiger partial charge in [0.15, 0.2) is 11.0 Å². The predicted octanol–water partition coefficient (Wildman–Crippen LogP) is 3.44. The van der Waals surface area contributed by atoms with Gasteiger partial charge in [0, 0.05) is 30.5 Å². The molecule has 0 saturated heterocycles. The maximum atomic E-state index is 12.5. The summed E-state index contributed by atoms with van der Waals surface area (Å²) in [6.45, 7) is 1.85. The number of rotatable bonds is 9. The van der Waals surface area contributed by atoms with Gasteiger partial charge in [0.05, 0.1) is 13.2 Å². The van der Waals surface area contributed by atoms with Crippen molar-refractivity contribution in [3.05, 3.63) is 66.0 Å². The van der Waals surface area contributed by atoms with Crippen LogP contribution in [0.4, 0.5) is 5.69 Å². The van der Waals surface area contributed by atoms with E-state index in [9.17, 15) is 9.59 Å². The summed E-state index contributed by atoms with van der Waals surface area (Å²) in [6, 6.07) is 15.9. The van der Waals surface area contributed by atoms with E-state index in [1.165, 1.54) is 11.8 Å². The highest BCUT2D eigenvalue weighted by Crippen LogP contribution is 2.20. The molecule has 1 aromatic heterocycles. The van der Waals surface area contributed by atoms with Gasteiger partial charge in [-0.05, 0) is 43.3 Å². The first kappa shape index (κ1) is 22.4. The van der Waals surface area contributed by atoms with Gasteiger partial charge in [-0.2, -0.15) is 0 Å². The van der Waals surface area contributed by atoms with Gasteiger partial charge in [-0.1, -0.05) is 30.0 Å². The molecule has 162 valence electrons. The van der Waals surface area contributed by atoms with Crippen LogP contribution < -0.4 is 15.4 Å². The van der Waals surface area contributed by atoms with Crippen LogP contribution in [0.5, 0.6) is 5.75 Å². The summed E-state index contributed by atoms with van der Waals surface area (Å²) in [4.78, 5) is 24.6. The molecule has 0 spiro atoms. The molecule has 0 saturated carbocycles. The fourth-order valence-corrected chi connectivity index (χ4v) is 3.75. The van der Waals surface area contributed by atoms with Gasteiger partial charge in [-0.25, -0.2) is 0 Å². The fraction of sp³-hybridized carbons (Fsp3) is 0.273. The smallest absolute Gasteiger partial charge is 0.251 e. The first-order valence-electron chi connectivity index (χ1n) is 9.80. The van der Waals surface area contributed by atoms with Crippen molar-refractivity contribution in [1.82, 2.24) is 20.1 Å². The lowest BCUT2D eigenvalue weighted by Crippen LogP contribution is -2.28. The molecule has 1 heterocycles. The van der Waals surface area contributed by atoms with Crippen molar-refractivity contribution in [3.63, 3.8) is 0 Å². The van der Waals surface area contributed by atoms with E-state index in [0.717, 1.165) is 5.69 Å². The topological polar surface area (TPSA) is 98.1 Å². The van der Waals surface area contributed by atoms with E-state index < -0.39 is 0 Å². The minimum absolute atomic E-state index is 0.0544. The second-order valence-electron chi connectivity index (χ2n) is 6.84. The molecule has 0 fully saturated rings. The van der Waals surface area contributed by atoms with Crippen molar-refractivity contribution in [3.8, 4) is 5.75 Å². The van der Waals surface area contributed by atoms with Crippen molar-refractivity contribution >= 4 is 29.3 Å². The highest BCUT2D eigenvalue weighted by atomic mass is 32.2. The predicted molar refractivity (Wildman–Crippen MR) is 120 cm³/mol. The molecule has 3 rings (SSSR count). The van der Waals surface area contributed by atoms with Gasteiger partial charge >= 0.3 is 0 Å². The summed E-state index contributed by atoms with van der Waals surface area (Å²) >= 11 is 1.45. The number of ether oxygens (including phenoxy) is 1. The van der Waals surface area contributed by atoms with Gasteiger partial charge in [-0.3, -0.25) is 9.59 Å². The van der Waals surface area contributed by atoms with Crippen LogP contribution in [0.3, 0.4) is 0 Å². The van der Waals surface area contributed by atoms with Crippen LogP contribution in [-0.4, -0.2) is 39.4 Å². The van der Waals surface area contributed by atoms with Gasteiger partial charge in [-0.15, -0.1) is 10.2 Å². The molecular weight excluding hydrogens is 414 g/mol. The monoisotopic (exact) mass is 439 g/mol. The third-order valence-corrected chi connectivity index (χ3v) is 5.60. The second-order valence-corrected chi connectivity index (χ2v) is 7.90.